The number of ether oxygens (including phenoxy) is 1. The molecule has 0 saturated carbocycles. The fourth-order valence-electron chi connectivity index (χ4n) is 1.31. The van der Waals surface area contributed by atoms with Gasteiger partial charge >= 0.3 is 13.3 Å². The first kappa shape index (κ1) is 13.0. The molecule has 2 N–H and O–H groups in total. The van der Waals surface area contributed by atoms with Gasteiger partial charge in [-0.25, -0.2) is 0 Å². The van der Waals surface area contributed by atoms with Crippen molar-refractivity contribution < 1.29 is 28.0 Å². The zero-order valence-corrected chi connectivity index (χ0v) is 8.45. The number of halogens is 3. The predicted octanol–water partition coefficient (Wildman–Crippen LogP) is 0.532. The number of methoxy groups -OCH3 is 1. The summed E-state index contributed by atoms with van der Waals surface area (Å²) in [7, 11) is -0.499. The Labute approximate surface area is 90.6 Å². The van der Waals surface area contributed by atoms with Gasteiger partial charge in [0.05, 0.1) is 12.2 Å². The van der Waals surface area contributed by atoms with E-state index in [9.17, 15) is 13.2 Å². The molecule has 88 valence electrons. The van der Waals surface area contributed by atoms with Gasteiger partial charge in [0.25, 0.3) is 0 Å². The van der Waals surface area contributed by atoms with E-state index < -0.39 is 18.9 Å². The van der Waals surface area contributed by atoms with Crippen LogP contribution in [-0.4, -0.2) is 24.3 Å². The Morgan fingerprint density at radius 3 is 2.38 bits per heavy atom. The minimum Gasteiger partial charge on any atom is -0.423 e. The lowest BCUT2D eigenvalue weighted by Crippen LogP contribution is -2.33. The van der Waals surface area contributed by atoms with Crippen LogP contribution in [0, 0.1) is 0 Å². The van der Waals surface area contributed by atoms with Crippen LogP contribution < -0.4 is 5.46 Å². The first-order chi connectivity index (χ1) is 7.36. The summed E-state index contributed by atoms with van der Waals surface area (Å²) >= 11 is 0. The molecule has 0 saturated heterocycles. The summed E-state index contributed by atoms with van der Waals surface area (Å²) in [5, 5.41) is 17.9. The number of hydrogen-bond donors (Lipinski definition) is 2. The van der Waals surface area contributed by atoms with Crippen molar-refractivity contribution >= 4 is 12.6 Å². The van der Waals surface area contributed by atoms with Crippen LogP contribution in [0.2, 0.25) is 0 Å². The van der Waals surface area contributed by atoms with Crippen molar-refractivity contribution in [3.63, 3.8) is 0 Å². The molecule has 1 rings (SSSR count). The maximum atomic E-state index is 12.4. The molecule has 16 heavy (non-hydrogen) atoms. The van der Waals surface area contributed by atoms with Gasteiger partial charge in [-0.1, -0.05) is 12.1 Å². The van der Waals surface area contributed by atoms with Crippen molar-refractivity contribution in [1.82, 2.24) is 0 Å². The van der Waals surface area contributed by atoms with Crippen LogP contribution in [0.5, 0.6) is 0 Å². The molecular formula is C9H10BF3O3. The average molecular weight is 234 g/mol. The standard InChI is InChI=1S/C9H10BF3O3/c1-16-5-6-4-7(9(11,12)13)2-3-8(6)10(14)15/h2-4,14-15H,5H2,1H3. The molecule has 0 spiro atoms. The Hall–Kier alpha value is -1.05. The third-order valence-electron chi connectivity index (χ3n) is 2.05. The van der Waals surface area contributed by atoms with Crippen LogP contribution >= 0.6 is 0 Å². The second-order valence-electron chi connectivity index (χ2n) is 3.22. The SMILES string of the molecule is COCc1cc(C(F)(F)F)ccc1B(O)O. The number of hydrogen-bond acceptors (Lipinski definition) is 3. The van der Waals surface area contributed by atoms with Gasteiger partial charge in [0.1, 0.15) is 0 Å². The topological polar surface area (TPSA) is 49.7 Å². The molecule has 0 atom stereocenters. The molecule has 0 radical (unpaired) electrons. The van der Waals surface area contributed by atoms with Crippen LogP contribution in [0.1, 0.15) is 11.1 Å². The molecule has 0 bridgehead atoms. The third-order valence-corrected chi connectivity index (χ3v) is 2.05. The van der Waals surface area contributed by atoms with Crippen LogP contribution in [-0.2, 0) is 17.5 Å². The number of alkyl halides is 3. The molecule has 0 heterocycles. The van der Waals surface area contributed by atoms with E-state index in [-0.39, 0.29) is 17.6 Å². The minimum atomic E-state index is -4.46. The van der Waals surface area contributed by atoms with E-state index in [1.807, 2.05) is 0 Å². The molecule has 0 aliphatic rings. The lowest BCUT2D eigenvalue weighted by molar-refractivity contribution is -0.137. The zero-order valence-electron chi connectivity index (χ0n) is 8.45. The highest BCUT2D eigenvalue weighted by Gasteiger charge is 2.31. The van der Waals surface area contributed by atoms with Crippen molar-refractivity contribution in [2.24, 2.45) is 0 Å². The summed E-state index contributed by atoms with van der Waals surface area (Å²) < 4.78 is 41.8. The monoisotopic (exact) mass is 234 g/mol. The quantitative estimate of drug-likeness (QED) is 0.750. The van der Waals surface area contributed by atoms with E-state index in [0.717, 1.165) is 18.2 Å². The van der Waals surface area contributed by atoms with Crippen molar-refractivity contribution in [3.05, 3.63) is 29.3 Å². The van der Waals surface area contributed by atoms with Gasteiger partial charge in [0.15, 0.2) is 0 Å². The van der Waals surface area contributed by atoms with E-state index in [2.05, 4.69) is 0 Å². The lowest BCUT2D eigenvalue weighted by Gasteiger charge is -2.12. The molecule has 0 aromatic heterocycles. The Kier molecular flexibility index (Phi) is 3.95. The maximum absolute atomic E-state index is 12.4. The second kappa shape index (κ2) is 4.86. The van der Waals surface area contributed by atoms with E-state index in [4.69, 9.17) is 14.8 Å². The second-order valence-corrected chi connectivity index (χ2v) is 3.22. The van der Waals surface area contributed by atoms with Gasteiger partial charge in [-0.2, -0.15) is 13.2 Å². The van der Waals surface area contributed by atoms with Gasteiger partial charge in [0, 0.05) is 7.11 Å². The maximum Gasteiger partial charge on any atom is 0.488 e. The van der Waals surface area contributed by atoms with E-state index >= 15 is 0 Å². The summed E-state index contributed by atoms with van der Waals surface area (Å²) in [6.07, 6.45) is -4.46. The Balaban J connectivity index is 3.17. The van der Waals surface area contributed by atoms with Crippen molar-refractivity contribution in [1.29, 1.82) is 0 Å². The highest BCUT2D eigenvalue weighted by molar-refractivity contribution is 6.59. The molecule has 1 aromatic carbocycles. The Bertz CT molecular complexity index is 366. The zero-order chi connectivity index (χ0) is 12.3. The van der Waals surface area contributed by atoms with E-state index in [1.165, 1.54) is 7.11 Å². The van der Waals surface area contributed by atoms with Gasteiger partial charge in [0.2, 0.25) is 0 Å². The predicted molar refractivity (Wildman–Crippen MR) is 52.0 cm³/mol. The average Bonchev–Trinajstić information content (AvgIpc) is 2.16. The van der Waals surface area contributed by atoms with Crippen molar-refractivity contribution in [3.8, 4) is 0 Å². The summed E-state index contributed by atoms with van der Waals surface area (Å²) in [6, 6.07) is 2.67. The molecular weight excluding hydrogens is 224 g/mol. The molecule has 1 aromatic rings. The van der Waals surface area contributed by atoms with Gasteiger partial charge in [-0.15, -0.1) is 0 Å². The summed E-state index contributed by atoms with van der Waals surface area (Å²) in [4.78, 5) is 0. The van der Waals surface area contributed by atoms with Crippen LogP contribution in [0.25, 0.3) is 0 Å². The first-order valence-electron chi connectivity index (χ1n) is 4.41. The third kappa shape index (κ3) is 2.97. The van der Waals surface area contributed by atoms with Crippen molar-refractivity contribution in [2.75, 3.05) is 7.11 Å². The lowest BCUT2D eigenvalue weighted by atomic mass is 9.76. The van der Waals surface area contributed by atoms with Crippen LogP contribution in [0.15, 0.2) is 18.2 Å². The number of rotatable bonds is 3. The van der Waals surface area contributed by atoms with Gasteiger partial charge < -0.3 is 14.8 Å². The van der Waals surface area contributed by atoms with E-state index in [0.29, 0.717) is 0 Å². The normalized spacial score (nSPS) is 11.6. The fourth-order valence-corrected chi connectivity index (χ4v) is 1.31. The molecule has 0 amide bonds. The smallest absolute Gasteiger partial charge is 0.423 e. The summed E-state index contributed by atoms with van der Waals surface area (Å²) in [6.45, 7) is -0.114. The summed E-state index contributed by atoms with van der Waals surface area (Å²) in [5.74, 6) is 0. The molecule has 0 unspecified atom stereocenters. The largest absolute Gasteiger partial charge is 0.488 e. The molecule has 0 aliphatic carbocycles. The molecule has 7 heteroatoms. The highest BCUT2D eigenvalue weighted by atomic mass is 19.4. The fraction of sp³-hybridized carbons (Fsp3) is 0.333. The van der Waals surface area contributed by atoms with Crippen LogP contribution in [0.4, 0.5) is 13.2 Å². The first-order valence-corrected chi connectivity index (χ1v) is 4.41. The number of benzene rings is 1. The Morgan fingerprint density at radius 1 is 1.31 bits per heavy atom. The minimum absolute atomic E-state index is 0.00912. The Morgan fingerprint density at radius 2 is 1.94 bits per heavy atom. The van der Waals surface area contributed by atoms with Gasteiger partial charge in [-0.05, 0) is 17.1 Å². The van der Waals surface area contributed by atoms with Crippen molar-refractivity contribution in [2.45, 2.75) is 12.8 Å². The van der Waals surface area contributed by atoms with E-state index in [1.54, 1.807) is 0 Å². The highest BCUT2D eigenvalue weighted by Crippen LogP contribution is 2.29. The van der Waals surface area contributed by atoms with Gasteiger partial charge in [-0.3, -0.25) is 0 Å². The molecule has 3 nitrogen and oxygen atoms in total. The van der Waals surface area contributed by atoms with Crippen LogP contribution in [0.3, 0.4) is 0 Å². The summed E-state index contributed by atoms with van der Waals surface area (Å²) in [5.41, 5.74) is -0.730. The molecule has 0 aliphatic heterocycles. The molecule has 0 fully saturated rings.